The van der Waals surface area contributed by atoms with Crippen LogP contribution in [0, 0.1) is 13.8 Å². The summed E-state index contributed by atoms with van der Waals surface area (Å²) < 4.78 is 1.62. The zero-order valence-corrected chi connectivity index (χ0v) is 17.0. The van der Waals surface area contributed by atoms with E-state index in [1.807, 2.05) is 6.92 Å². The summed E-state index contributed by atoms with van der Waals surface area (Å²) in [7, 11) is 1.52. The van der Waals surface area contributed by atoms with Crippen LogP contribution >= 0.6 is 23.2 Å². The van der Waals surface area contributed by atoms with Crippen LogP contribution in [0.2, 0.25) is 10.0 Å². The number of pyridine rings is 1. The van der Waals surface area contributed by atoms with Crippen LogP contribution in [0.25, 0.3) is 5.82 Å². The summed E-state index contributed by atoms with van der Waals surface area (Å²) in [6.45, 7) is 3.64. The van der Waals surface area contributed by atoms with Gasteiger partial charge in [-0.25, -0.2) is 4.98 Å². The predicted molar refractivity (Wildman–Crippen MR) is 111 cm³/mol. The van der Waals surface area contributed by atoms with E-state index in [9.17, 15) is 9.59 Å². The lowest BCUT2D eigenvalue weighted by molar-refractivity contribution is 0.0964. The second-order valence-electron chi connectivity index (χ2n) is 6.26. The number of rotatable bonds is 4. The highest BCUT2D eigenvalue weighted by molar-refractivity contribution is 6.32. The van der Waals surface area contributed by atoms with E-state index in [0.29, 0.717) is 32.8 Å². The van der Waals surface area contributed by atoms with E-state index >= 15 is 0 Å². The fourth-order valence-corrected chi connectivity index (χ4v) is 3.39. The van der Waals surface area contributed by atoms with Crippen LogP contribution in [-0.2, 0) is 0 Å². The van der Waals surface area contributed by atoms with E-state index in [0.717, 1.165) is 5.56 Å². The number of amides is 2. The number of halogens is 2. The van der Waals surface area contributed by atoms with E-state index in [1.165, 1.54) is 13.1 Å². The van der Waals surface area contributed by atoms with Crippen LogP contribution in [-0.4, -0.2) is 28.4 Å². The van der Waals surface area contributed by atoms with Crippen molar-refractivity contribution in [1.82, 2.24) is 14.9 Å². The molecule has 2 heterocycles. The summed E-state index contributed by atoms with van der Waals surface area (Å²) in [5, 5.41) is 6.22. The largest absolute Gasteiger partial charge is 0.355 e. The Kier molecular flexibility index (Phi) is 5.72. The molecular weight excluding hydrogens is 399 g/mol. The molecule has 8 heteroatoms. The van der Waals surface area contributed by atoms with Gasteiger partial charge in [-0.1, -0.05) is 23.2 Å². The van der Waals surface area contributed by atoms with Crippen molar-refractivity contribution in [3.05, 3.63) is 75.2 Å². The third kappa shape index (κ3) is 3.88. The molecule has 6 nitrogen and oxygen atoms in total. The van der Waals surface area contributed by atoms with Gasteiger partial charge in [0.25, 0.3) is 11.8 Å². The maximum atomic E-state index is 13.1. The molecule has 0 atom stereocenters. The molecule has 2 amide bonds. The van der Waals surface area contributed by atoms with Gasteiger partial charge >= 0.3 is 0 Å². The van der Waals surface area contributed by atoms with Gasteiger partial charge in [0.1, 0.15) is 5.69 Å². The molecule has 0 radical (unpaired) electrons. The Morgan fingerprint density at radius 1 is 1.11 bits per heavy atom. The SMILES string of the molecule is CNC(=O)c1cc(Cl)cc(C)c1NC(=O)c1cc(C)cn1-c1ncccc1Cl. The van der Waals surface area contributed by atoms with Crippen molar-refractivity contribution >= 4 is 40.7 Å². The Morgan fingerprint density at radius 3 is 2.54 bits per heavy atom. The van der Waals surface area contributed by atoms with Crippen LogP contribution in [0.5, 0.6) is 0 Å². The third-order valence-corrected chi connectivity index (χ3v) is 4.68. The van der Waals surface area contributed by atoms with Crippen LogP contribution in [0.1, 0.15) is 32.0 Å². The number of nitrogens with zero attached hydrogens (tertiary/aromatic N) is 2. The van der Waals surface area contributed by atoms with Crippen LogP contribution < -0.4 is 10.6 Å². The lowest BCUT2D eigenvalue weighted by atomic mass is 10.1. The van der Waals surface area contributed by atoms with Crippen molar-refractivity contribution in [1.29, 1.82) is 0 Å². The average molecular weight is 417 g/mol. The molecule has 2 aromatic heterocycles. The van der Waals surface area contributed by atoms with Crippen molar-refractivity contribution in [2.45, 2.75) is 13.8 Å². The van der Waals surface area contributed by atoms with Crippen LogP contribution in [0.15, 0.2) is 42.7 Å². The van der Waals surface area contributed by atoms with Gasteiger partial charge in [0.2, 0.25) is 0 Å². The summed E-state index contributed by atoms with van der Waals surface area (Å²) in [6.07, 6.45) is 3.38. The molecule has 0 aliphatic rings. The number of hydrogen-bond donors (Lipinski definition) is 2. The van der Waals surface area contributed by atoms with Crippen LogP contribution in [0.4, 0.5) is 5.69 Å². The first-order valence-electron chi connectivity index (χ1n) is 8.45. The zero-order chi connectivity index (χ0) is 20.4. The summed E-state index contributed by atoms with van der Waals surface area (Å²) >= 11 is 12.3. The Balaban J connectivity index is 2.05. The minimum Gasteiger partial charge on any atom is -0.355 e. The fourth-order valence-electron chi connectivity index (χ4n) is 2.90. The van der Waals surface area contributed by atoms with Crippen molar-refractivity contribution < 1.29 is 9.59 Å². The van der Waals surface area contributed by atoms with Gasteiger partial charge in [-0.05, 0) is 55.3 Å². The predicted octanol–water partition coefficient (Wildman–Crippen LogP) is 4.41. The van der Waals surface area contributed by atoms with Gasteiger partial charge < -0.3 is 10.6 Å². The molecule has 2 N–H and O–H groups in total. The molecule has 0 fully saturated rings. The normalized spacial score (nSPS) is 10.6. The molecule has 1 aromatic carbocycles. The van der Waals surface area contributed by atoms with Gasteiger partial charge in [-0.2, -0.15) is 0 Å². The van der Waals surface area contributed by atoms with E-state index in [1.54, 1.807) is 48.1 Å². The molecule has 0 saturated heterocycles. The maximum absolute atomic E-state index is 13.1. The molecule has 0 saturated carbocycles. The Hall–Kier alpha value is -2.83. The van der Waals surface area contributed by atoms with Crippen molar-refractivity contribution in [3.63, 3.8) is 0 Å². The lowest BCUT2D eigenvalue weighted by Crippen LogP contribution is -2.23. The Morgan fingerprint density at radius 2 is 1.86 bits per heavy atom. The second kappa shape index (κ2) is 8.04. The first-order chi connectivity index (χ1) is 13.3. The minimum atomic E-state index is -0.398. The summed E-state index contributed by atoms with van der Waals surface area (Å²) in [5.74, 6) is -0.299. The fraction of sp³-hybridized carbons (Fsp3) is 0.150. The van der Waals surface area contributed by atoms with Gasteiger partial charge in [-0.3, -0.25) is 14.2 Å². The summed E-state index contributed by atoms with van der Waals surface area (Å²) in [6, 6.07) is 8.35. The Bertz CT molecular complexity index is 1080. The number of carbonyl (C=O) groups excluding carboxylic acids is 2. The molecule has 0 aliphatic carbocycles. The van der Waals surface area contributed by atoms with Crippen molar-refractivity contribution in [3.8, 4) is 5.82 Å². The summed E-state index contributed by atoms with van der Waals surface area (Å²) in [4.78, 5) is 29.6. The number of aromatic nitrogens is 2. The first kappa shape index (κ1) is 19.9. The molecule has 28 heavy (non-hydrogen) atoms. The van der Waals surface area contributed by atoms with E-state index in [4.69, 9.17) is 23.2 Å². The molecule has 0 unspecified atom stereocenters. The number of nitrogens with one attached hydrogen (secondary N) is 2. The van der Waals surface area contributed by atoms with Crippen molar-refractivity contribution in [2.75, 3.05) is 12.4 Å². The number of benzene rings is 1. The van der Waals surface area contributed by atoms with Crippen LogP contribution in [0.3, 0.4) is 0 Å². The second-order valence-corrected chi connectivity index (χ2v) is 7.10. The number of hydrogen-bond acceptors (Lipinski definition) is 3. The molecule has 0 aliphatic heterocycles. The number of aryl methyl sites for hydroxylation is 2. The highest BCUT2D eigenvalue weighted by Crippen LogP contribution is 2.27. The van der Waals surface area contributed by atoms with Crippen molar-refractivity contribution in [2.24, 2.45) is 0 Å². The van der Waals surface area contributed by atoms with Gasteiger partial charge in [0.15, 0.2) is 5.82 Å². The van der Waals surface area contributed by atoms with E-state index in [2.05, 4.69) is 15.6 Å². The Labute approximate surface area is 172 Å². The topological polar surface area (TPSA) is 76.0 Å². The van der Waals surface area contributed by atoms with Gasteiger partial charge in [-0.15, -0.1) is 0 Å². The standard InChI is InChI=1S/C20H18Cl2N4O2/c1-11-7-16(26(10-11)18-15(22)5-4-6-24-18)20(28)25-17-12(2)8-13(21)9-14(17)19(27)23-3/h4-10H,1-3H3,(H,23,27)(H,25,28). The first-order valence-corrected chi connectivity index (χ1v) is 9.21. The summed E-state index contributed by atoms with van der Waals surface area (Å²) in [5.41, 5.74) is 2.56. The highest BCUT2D eigenvalue weighted by Gasteiger charge is 2.20. The van der Waals surface area contributed by atoms with E-state index < -0.39 is 5.91 Å². The molecule has 0 spiro atoms. The molecule has 144 valence electrons. The van der Waals surface area contributed by atoms with Gasteiger partial charge in [0.05, 0.1) is 16.3 Å². The molecular formula is C20H18Cl2N4O2. The smallest absolute Gasteiger partial charge is 0.272 e. The number of carbonyl (C=O) groups is 2. The number of anilines is 1. The average Bonchev–Trinajstić information content (AvgIpc) is 3.05. The molecule has 0 bridgehead atoms. The lowest BCUT2D eigenvalue weighted by Gasteiger charge is -2.15. The maximum Gasteiger partial charge on any atom is 0.272 e. The van der Waals surface area contributed by atoms with Gasteiger partial charge in [0, 0.05) is 24.5 Å². The van der Waals surface area contributed by atoms with E-state index in [-0.39, 0.29) is 11.5 Å². The zero-order valence-electron chi connectivity index (χ0n) is 15.5. The minimum absolute atomic E-state index is 0.284. The molecule has 3 aromatic rings. The monoisotopic (exact) mass is 416 g/mol. The molecule has 3 rings (SSSR count). The highest BCUT2D eigenvalue weighted by atomic mass is 35.5. The third-order valence-electron chi connectivity index (χ3n) is 4.17. The quantitative estimate of drug-likeness (QED) is 0.661.